The number of methoxy groups -OCH3 is 1. The molecule has 0 aliphatic carbocycles. The molecular weight excluding hydrogens is 805 g/mol. The zero-order valence-electron chi connectivity index (χ0n) is 33.5. The van der Waals surface area contributed by atoms with Crippen LogP contribution in [0.5, 0.6) is 17.2 Å². The van der Waals surface area contributed by atoms with Crippen LogP contribution in [0.25, 0.3) is 20.5 Å². The fourth-order valence-electron chi connectivity index (χ4n) is 6.39. The summed E-state index contributed by atoms with van der Waals surface area (Å²) in [4.78, 5) is 68.6. The molecule has 3 heterocycles. The van der Waals surface area contributed by atoms with Crippen molar-refractivity contribution in [2.75, 3.05) is 53.1 Å². The third-order valence-electron chi connectivity index (χ3n) is 9.12. The highest BCUT2D eigenvalue weighted by Gasteiger charge is 2.34. The summed E-state index contributed by atoms with van der Waals surface area (Å²) in [5, 5.41) is 40.6. The quantitative estimate of drug-likeness (QED) is 0.0769. The summed E-state index contributed by atoms with van der Waals surface area (Å²) >= 11 is 1.48. The first-order chi connectivity index (χ1) is 28.4. The van der Waals surface area contributed by atoms with E-state index in [1.807, 2.05) is 69.3 Å². The number of benzene rings is 3. The molecule has 2 fully saturated rings. The van der Waals surface area contributed by atoms with Crippen LogP contribution in [0.3, 0.4) is 0 Å². The molecule has 0 spiro atoms. The van der Waals surface area contributed by atoms with Gasteiger partial charge in [0.25, 0.3) is 0 Å². The number of carbonyl (C=O) groups excluding carboxylic acids is 2. The molecule has 6 rings (SSSR count). The van der Waals surface area contributed by atoms with Crippen molar-refractivity contribution in [2.24, 2.45) is 0 Å². The maximum Gasteiger partial charge on any atom is 0.414 e. The predicted molar refractivity (Wildman–Crippen MR) is 218 cm³/mol. The van der Waals surface area contributed by atoms with Crippen molar-refractivity contribution in [1.29, 1.82) is 0 Å². The van der Waals surface area contributed by atoms with Crippen LogP contribution in [0.4, 0.5) is 0 Å². The standard InChI is InChI=1S/C38H44N2O7S.2C2H2O4/c1-38(2,3)47-37(43)31-6-5-15-40(31)18-21-46-29-12-9-25(10-13-29)36-34(30-14-11-28(41)23-33(30)48-36)35(42)26-7-8-27(32(22-26)44-4)24-39-16-19-45-20-17-39;2*3-1(4)2(5)6/h7-14,22-23,31,41H,5-6,15-21,24H2,1-4H3;2*(H,3,4)(H,5,6)/t31-;;/m0../s1. The fraction of sp³-hybridized carbons (Fsp3) is 0.381. The Morgan fingerprint density at radius 2 is 1.47 bits per heavy atom. The highest BCUT2D eigenvalue weighted by Crippen LogP contribution is 2.42. The Bertz CT molecular complexity index is 2120. The van der Waals surface area contributed by atoms with E-state index in [1.165, 1.54) is 11.3 Å². The van der Waals surface area contributed by atoms with Gasteiger partial charge in [-0.2, -0.15) is 0 Å². The first kappa shape index (κ1) is 46.6. The average Bonchev–Trinajstić information content (AvgIpc) is 3.83. The summed E-state index contributed by atoms with van der Waals surface area (Å²) in [5.74, 6) is -6.04. The number of phenolic OH excluding ortho intramolecular Hbond substituents is 1. The summed E-state index contributed by atoms with van der Waals surface area (Å²) in [6.45, 7) is 11.4. The highest BCUT2D eigenvalue weighted by molar-refractivity contribution is 7.22. The third-order valence-corrected chi connectivity index (χ3v) is 10.3. The van der Waals surface area contributed by atoms with Gasteiger partial charge in [-0.05, 0) is 94.3 Å². The van der Waals surface area contributed by atoms with E-state index in [0.717, 1.165) is 65.1 Å². The Kier molecular flexibility index (Phi) is 16.5. The highest BCUT2D eigenvalue weighted by atomic mass is 32.1. The summed E-state index contributed by atoms with van der Waals surface area (Å²) in [7, 11) is 1.63. The van der Waals surface area contributed by atoms with Crippen molar-refractivity contribution in [3.63, 3.8) is 0 Å². The van der Waals surface area contributed by atoms with E-state index in [1.54, 1.807) is 19.2 Å². The molecule has 3 aromatic carbocycles. The number of hydrogen-bond donors (Lipinski definition) is 5. The molecule has 2 aliphatic heterocycles. The van der Waals surface area contributed by atoms with Gasteiger partial charge in [-0.1, -0.05) is 12.1 Å². The van der Waals surface area contributed by atoms with Crippen molar-refractivity contribution in [3.05, 3.63) is 77.4 Å². The Morgan fingerprint density at radius 1 is 0.833 bits per heavy atom. The number of carbonyl (C=O) groups is 6. The summed E-state index contributed by atoms with van der Waals surface area (Å²) in [6.07, 6.45) is 1.75. The Hall–Kier alpha value is -6.08. The van der Waals surface area contributed by atoms with Gasteiger partial charge in [0, 0.05) is 57.8 Å². The monoisotopic (exact) mass is 852 g/mol. The van der Waals surface area contributed by atoms with Gasteiger partial charge < -0.3 is 44.5 Å². The van der Waals surface area contributed by atoms with Crippen LogP contribution in [0.1, 0.15) is 55.1 Å². The number of carboxylic acid groups (broad SMARTS) is 4. The molecule has 2 aliphatic rings. The van der Waals surface area contributed by atoms with Gasteiger partial charge >= 0.3 is 29.8 Å². The van der Waals surface area contributed by atoms with Crippen molar-refractivity contribution >= 4 is 57.1 Å². The molecule has 0 unspecified atom stereocenters. The van der Waals surface area contributed by atoms with Gasteiger partial charge in [-0.25, -0.2) is 19.2 Å². The molecular formula is C42H48N2O15S. The molecule has 322 valence electrons. The molecule has 4 aromatic rings. The maximum absolute atomic E-state index is 14.3. The van der Waals surface area contributed by atoms with E-state index in [9.17, 15) is 14.7 Å². The lowest BCUT2D eigenvalue weighted by atomic mass is 9.96. The second kappa shape index (κ2) is 21.3. The Balaban J connectivity index is 0.000000580. The lowest BCUT2D eigenvalue weighted by Crippen LogP contribution is -2.42. The van der Waals surface area contributed by atoms with Crippen molar-refractivity contribution in [2.45, 2.75) is 51.8 Å². The largest absolute Gasteiger partial charge is 0.508 e. The average molecular weight is 853 g/mol. The topological polar surface area (TPSA) is 247 Å². The lowest BCUT2D eigenvalue weighted by molar-refractivity contribution is -0.160. The molecule has 17 nitrogen and oxygen atoms in total. The Labute approximate surface area is 349 Å². The van der Waals surface area contributed by atoms with Gasteiger partial charge in [-0.15, -0.1) is 11.3 Å². The van der Waals surface area contributed by atoms with E-state index in [0.29, 0.717) is 49.0 Å². The molecule has 60 heavy (non-hydrogen) atoms. The van der Waals surface area contributed by atoms with Crippen molar-refractivity contribution < 1.29 is 73.2 Å². The van der Waals surface area contributed by atoms with Gasteiger partial charge in [0.2, 0.25) is 0 Å². The summed E-state index contributed by atoms with van der Waals surface area (Å²) < 4.78 is 23.8. The van der Waals surface area contributed by atoms with Gasteiger partial charge in [0.05, 0.1) is 20.3 Å². The summed E-state index contributed by atoms with van der Waals surface area (Å²) in [6, 6.07) is 18.3. The van der Waals surface area contributed by atoms with Crippen molar-refractivity contribution in [1.82, 2.24) is 9.80 Å². The zero-order chi connectivity index (χ0) is 44.1. The lowest BCUT2D eigenvalue weighted by Gasteiger charge is -2.27. The number of nitrogens with zero attached hydrogens (tertiary/aromatic N) is 2. The van der Waals surface area contributed by atoms with E-state index in [4.69, 9.17) is 58.6 Å². The zero-order valence-corrected chi connectivity index (χ0v) is 34.4. The smallest absolute Gasteiger partial charge is 0.414 e. The number of fused-ring (bicyclic) bond motifs is 1. The van der Waals surface area contributed by atoms with Crippen LogP contribution >= 0.6 is 11.3 Å². The third kappa shape index (κ3) is 13.2. The van der Waals surface area contributed by atoms with Gasteiger partial charge in [0.1, 0.15) is 35.5 Å². The van der Waals surface area contributed by atoms with Crippen LogP contribution in [0.2, 0.25) is 0 Å². The number of ketones is 1. The first-order valence-electron chi connectivity index (χ1n) is 18.8. The number of hydrogen-bond acceptors (Lipinski definition) is 14. The minimum Gasteiger partial charge on any atom is -0.508 e. The number of phenols is 1. The predicted octanol–water partition coefficient (Wildman–Crippen LogP) is 4.84. The van der Waals surface area contributed by atoms with Gasteiger partial charge in [-0.3, -0.25) is 19.4 Å². The molecule has 2 saturated heterocycles. The number of ether oxygens (including phenoxy) is 4. The Morgan fingerprint density at radius 3 is 2.05 bits per heavy atom. The maximum atomic E-state index is 14.3. The second-order valence-electron chi connectivity index (χ2n) is 14.6. The molecule has 5 N–H and O–H groups in total. The number of likely N-dealkylation sites (tertiary alicyclic amines) is 1. The SMILES string of the molecule is COc1cc(C(=O)c2c(-c3ccc(OCCN4CCC[C@H]4C(=O)OC(C)(C)C)cc3)sc3cc(O)ccc23)ccc1CN1CCOCC1.O=C(O)C(=O)O.O=C(O)C(=O)O. The first-order valence-corrected chi connectivity index (χ1v) is 19.6. The molecule has 1 atom stereocenters. The number of thiophene rings is 1. The molecule has 0 saturated carbocycles. The number of esters is 1. The minimum atomic E-state index is -1.82. The molecule has 0 amide bonds. The van der Waals surface area contributed by atoms with Gasteiger partial charge in [0.15, 0.2) is 5.78 Å². The number of rotatable bonds is 11. The van der Waals surface area contributed by atoms with Crippen LogP contribution < -0.4 is 9.47 Å². The summed E-state index contributed by atoms with van der Waals surface area (Å²) in [5.41, 5.74) is 2.53. The fourth-order valence-corrected chi connectivity index (χ4v) is 7.63. The van der Waals surface area contributed by atoms with Crippen molar-refractivity contribution in [3.8, 4) is 27.7 Å². The van der Waals surface area contributed by atoms with Crippen LogP contribution in [-0.4, -0.2) is 136 Å². The van der Waals surface area contributed by atoms with E-state index >= 15 is 0 Å². The van der Waals surface area contributed by atoms with Crippen LogP contribution in [0, 0.1) is 0 Å². The normalized spacial score (nSPS) is 15.4. The van der Waals surface area contributed by atoms with E-state index in [2.05, 4.69) is 9.80 Å². The second-order valence-corrected chi connectivity index (χ2v) is 15.6. The van der Waals surface area contributed by atoms with Crippen LogP contribution in [-0.2, 0) is 40.0 Å². The molecule has 0 bridgehead atoms. The minimum absolute atomic E-state index is 0.108. The molecule has 18 heteroatoms. The molecule has 0 radical (unpaired) electrons. The number of morpholine rings is 1. The van der Waals surface area contributed by atoms with E-state index < -0.39 is 29.5 Å². The molecule has 1 aromatic heterocycles. The number of aromatic hydroxyl groups is 1. The van der Waals surface area contributed by atoms with E-state index in [-0.39, 0.29) is 23.5 Å². The number of aliphatic carboxylic acids is 4. The van der Waals surface area contributed by atoms with Crippen LogP contribution in [0.15, 0.2) is 60.7 Å². The number of carboxylic acids is 4.